The van der Waals surface area contributed by atoms with Gasteiger partial charge in [-0.05, 0) is 29.8 Å². The summed E-state index contributed by atoms with van der Waals surface area (Å²) in [4.78, 5) is 16.6. The number of hydrogen-bond acceptors (Lipinski definition) is 4. The van der Waals surface area contributed by atoms with Crippen LogP contribution in [0.25, 0.3) is 0 Å². The van der Waals surface area contributed by atoms with Crippen LogP contribution in [0.5, 0.6) is 5.75 Å². The number of carbonyl (C=O) groups is 1. The molecule has 132 valence electrons. The van der Waals surface area contributed by atoms with Crippen LogP contribution in [0.4, 0.5) is 13.2 Å². The van der Waals surface area contributed by atoms with Crippen molar-refractivity contribution >= 4 is 5.91 Å². The van der Waals surface area contributed by atoms with Crippen LogP contribution < -0.4 is 10.1 Å². The molecular formula is C17H15F3N2O3. The highest BCUT2D eigenvalue weighted by molar-refractivity contribution is 5.94. The fourth-order valence-electron chi connectivity index (χ4n) is 2.60. The quantitative estimate of drug-likeness (QED) is 0.891. The van der Waals surface area contributed by atoms with Gasteiger partial charge >= 0.3 is 6.18 Å². The van der Waals surface area contributed by atoms with Crippen LogP contribution in [0.15, 0.2) is 42.6 Å². The molecule has 3 rings (SSSR count). The van der Waals surface area contributed by atoms with E-state index in [1.807, 2.05) is 0 Å². The van der Waals surface area contributed by atoms with Crippen LogP contribution in [0.2, 0.25) is 0 Å². The van der Waals surface area contributed by atoms with Crippen molar-refractivity contribution in [1.82, 2.24) is 10.3 Å². The minimum Gasteiger partial charge on any atom is -0.491 e. The molecule has 2 unspecified atom stereocenters. The molecule has 5 nitrogen and oxygen atoms in total. The molecule has 1 aromatic carbocycles. The summed E-state index contributed by atoms with van der Waals surface area (Å²) in [6.07, 6.45) is -5.18. The van der Waals surface area contributed by atoms with Crippen LogP contribution in [-0.2, 0) is 0 Å². The number of pyridine rings is 1. The van der Waals surface area contributed by atoms with E-state index in [1.165, 1.54) is 12.1 Å². The second kappa shape index (κ2) is 6.72. The van der Waals surface area contributed by atoms with Crippen molar-refractivity contribution < 1.29 is 27.8 Å². The Balaban J connectivity index is 1.72. The van der Waals surface area contributed by atoms with E-state index in [4.69, 9.17) is 4.74 Å². The van der Waals surface area contributed by atoms with Crippen LogP contribution in [0.3, 0.4) is 0 Å². The number of nitrogens with one attached hydrogen (secondary N) is 1. The zero-order valence-corrected chi connectivity index (χ0v) is 13.0. The first-order valence-corrected chi connectivity index (χ1v) is 7.59. The lowest BCUT2D eigenvalue weighted by Gasteiger charge is -2.25. The maximum absolute atomic E-state index is 12.5. The maximum Gasteiger partial charge on any atom is 0.418 e. The van der Waals surface area contributed by atoms with Crippen molar-refractivity contribution in [3.8, 4) is 5.75 Å². The number of aliphatic hydroxyl groups excluding tert-OH is 1. The van der Waals surface area contributed by atoms with Gasteiger partial charge in [0.2, 0.25) is 0 Å². The summed E-state index contributed by atoms with van der Waals surface area (Å²) >= 11 is 0. The van der Waals surface area contributed by atoms with E-state index in [0.29, 0.717) is 24.5 Å². The number of rotatable bonds is 3. The van der Waals surface area contributed by atoms with Gasteiger partial charge in [-0.1, -0.05) is 12.1 Å². The predicted molar refractivity (Wildman–Crippen MR) is 82.0 cm³/mol. The third-order valence-electron chi connectivity index (χ3n) is 3.90. The van der Waals surface area contributed by atoms with Crippen molar-refractivity contribution in [3.05, 3.63) is 59.4 Å². The number of alkyl halides is 3. The second-order valence-electron chi connectivity index (χ2n) is 5.62. The molecule has 2 aromatic rings. The molecule has 1 aromatic heterocycles. The Labute approximate surface area is 141 Å². The zero-order valence-electron chi connectivity index (χ0n) is 13.0. The first-order valence-electron chi connectivity index (χ1n) is 7.59. The molecule has 25 heavy (non-hydrogen) atoms. The molecular weight excluding hydrogens is 337 g/mol. The number of aliphatic hydroxyl groups is 1. The summed E-state index contributed by atoms with van der Waals surface area (Å²) in [6.45, 7) is 0.431. The monoisotopic (exact) mass is 352 g/mol. The first-order chi connectivity index (χ1) is 11.9. The number of aromatic nitrogens is 1. The van der Waals surface area contributed by atoms with E-state index < -0.39 is 18.2 Å². The molecule has 2 N–H and O–H groups in total. The molecule has 0 spiro atoms. The van der Waals surface area contributed by atoms with E-state index in [0.717, 1.165) is 12.1 Å². The Morgan fingerprint density at radius 1 is 1.28 bits per heavy atom. The second-order valence-corrected chi connectivity index (χ2v) is 5.62. The molecule has 0 aliphatic carbocycles. The van der Waals surface area contributed by atoms with Gasteiger partial charge in [0, 0.05) is 18.2 Å². The molecule has 0 saturated carbocycles. The van der Waals surface area contributed by atoms with E-state index >= 15 is 0 Å². The smallest absolute Gasteiger partial charge is 0.418 e. The third-order valence-corrected chi connectivity index (χ3v) is 3.90. The number of benzene rings is 1. The van der Waals surface area contributed by atoms with Crippen LogP contribution >= 0.6 is 0 Å². The molecule has 1 aliphatic rings. The number of amides is 1. The van der Waals surface area contributed by atoms with Crippen molar-refractivity contribution in [3.63, 3.8) is 0 Å². The molecule has 2 heterocycles. The number of halogens is 3. The normalized spacial score (nSPS) is 18.0. The summed E-state index contributed by atoms with van der Waals surface area (Å²) < 4.78 is 43.0. The summed E-state index contributed by atoms with van der Waals surface area (Å²) in [6, 6.07) is 7.82. The third kappa shape index (κ3) is 3.74. The minimum absolute atomic E-state index is 0.196. The largest absolute Gasteiger partial charge is 0.491 e. The van der Waals surface area contributed by atoms with E-state index in [-0.39, 0.29) is 17.2 Å². The average molecular weight is 352 g/mol. The lowest BCUT2D eigenvalue weighted by Crippen LogP contribution is -2.32. The van der Waals surface area contributed by atoms with Gasteiger partial charge in [0.05, 0.1) is 12.6 Å². The highest BCUT2D eigenvalue weighted by Gasteiger charge is 2.39. The Bertz CT molecular complexity index is 762. The van der Waals surface area contributed by atoms with Gasteiger partial charge in [0.25, 0.3) is 5.91 Å². The molecule has 8 heteroatoms. The summed E-state index contributed by atoms with van der Waals surface area (Å²) in [7, 11) is 0. The Morgan fingerprint density at radius 3 is 2.68 bits per heavy atom. The predicted octanol–water partition coefficient (Wildman–Crippen LogP) is 2.93. The van der Waals surface area contributed by atoms with Crippen molar-refractivity contribution in [2.75, 3.05) is 6.61 Å². The maximum atomic E-state index is 12.5. The lowest BCUT2D eigenvalue weighted by molar-refractivity contribution is -0.206. The fraction of sp³-hybridized carbons (Fsp3) is 0.294. The minimum atomic E-state index is -4.75. The van der Waals surface area contributed by atoms with Crippen LogP contribution in [0, 0.1) is 0 Å². The molecule has 0 bridgehead atoms. The topological polar surface area (TPSA) is 71.5 Å². The SMILES string of the molecule is O=C(NC1CCOc2cccnc21)c1ccc(C(O)C(F)(F)F)cc1. The van der Waals surface area contributed by atoms with Crippen LogP contribution in [-0.4, -0.2) is 28.8 Å². The highest BCUT2D eigenvalue weighted by atomic mass is 19.4. The molecule has 0 fully saturated rings. The first kappa shape index (κ1) is 17.2. The Kier molecular flexibility index (Phi) is 4.63. The van der Waals surface area contributed by atoms with E-state index in [1.54, 1.807) is 18.3 Å². The van der Waals surface area contributed by atoms with Gasteiger partial charge in [-0.2, -0.15) is 13.2 Å². The molecule has 2 atom stereocenters. The van der Waals surface area contributed by atoms with E-state index in [2.05, 4.69) is 10.3 Å². The van der Waals surface area contributed by atoms with E-state index in [9.17, 15) is 23.1 Å². The molecule has 0 radical (unpaired) electrons. The van der Waals surface area contributed by atoms with Crippen molar-refractivity contribution in [1.29, 1.82) is 0 Å². The standard InChI is InChI=1S/C17H15F3N2O3/c18-17(19,20)15(23)10-3-5-11(6-4-10)16(24)22-12-7-9-25-13-2-1-8-21-14(12)13/h1-6,8,12,15,23H,7,9H2,(H,22,24). The number of hydrogen-bond donors (Lipinski definition) is 2. The summed E-state index contributed by atoms with van der Waals surface area (Å²) in [5.41, 5.74) is 0.496. The van der Waals surface area contributed by atoms with Crippen molar-refractivity contribution in [2.45, 2.75) is 24.7 Å². The van der Waals surface area contributed by atoms with Crippen LogP contribution in [0.1, 0.15) is 40.2 Å². The van der Waals surface area contributed by atoms with Gasteiger partial charge in [0.15, 0.2) is 6.10 Å². The molecule has 0 saturated heterocycles. The number of ether oxygens (including phenoxy) is 1. The fourth-order valence-corrected chi connectivity index (χ4v) is 2.60. The number of carbonyl (C=O) groups excluding carboxylic acids is 1. The van der Waals surface area contributed by atoms with Gasteiger partial charge in [0.1, 0.15) is 11.4 Å². The number of nitrogens with zero attached hydrogens (tertiary/aromatic N) is 1. The lowest BCUT2D eigenvalue weighted by atomic mass is 10.0. The summed E-state index contributed by atoms with van der Waals surface area (Å²) in [5.74, 6) is 0.166. The van der Waals surface area contributed by atoms with Gasteiger partial charge in [-0.25, -0.2) is 0 Å². The molecule has 1 aliphatic heterocycles. The van der Waals surface area contributed by atoms with Gasteiger partial charge in [-0.15, -0.1) is 0 Å². The highest BCUT2D eigenvalue weighted by Crippen LogP contribution is 2.33. The van der Waals surface area contributed by atoms with Gasteiger partial charge in [-0.3, -0.25) is 9.78 Å². The number of fused-ring (bicyclic) bond motifs is 1. The van der Waals surface area contributed by atoms with Crippen molar-refractivity contribution in [2.24, 2.45) is 0 Å². The Morgan fingerprint density at radius 2 is 2.00 bits per heavy atom. The molecule has 1 amide bonds. The zero-order chi connectivity index (χ0) is 18.0. The summed E-state index contributed by atoms with van der Waals surface area (Å²) in [5, 5.41) is 12.0. The average Bonchev–Trinajstić information content (AvgIpc) is 2.61. The Hall–Kier alpha value is -2.61. The van der Waals surface area contributed by atoms with Gasteiger partial charge < -0.3 is 15.2 Å².